The van der Waals surface area contributed by atoms with Crippen LogP contribution in [0.3, 0.4) is 0 Å². The standard InChI is InChI=1S/C13H21N5O2/c1-17(2)13(19)20-11-9(14)8-10(16-12(11)15)18-6-4-3-5-7-18/h8H,3-7H2,1-2H3,(H4,14,15,16). The quantitative estimate of drug-likeness (QED) is 0.846. The largest absolute Gasteiger partial charge is 0.414 e. The van der Waals surface area contributed by atoms with E-state index in [1.165, 1.54) is 11.3 Å². The van der Waals surface area contributed by atoms with E-state index in [4.69, 9.17) is 16.2 Å². The number of amides is 1. The Hall–Kier alpha value is -2.18. The van der Waals surface area contributed by atoms with Gasteiger partial charge in [-0.05, 0) is 19.3 Å². The molecule has 110 valence electrons. The van der Waals surface area contributed by atoms with Gasteiger partial charge in [-0.1, -0.05) is 0 Å². The number of nitrogens with zero attached hydrogens (tertiary/aromatic N) is 3. The molecule has 2 heterocycles. The first-order valence-electron chi connectivity index (χ1n) is 6.69. The van der Waals surface area contributed by atoms with Gasteiger partial charge in [0, 0.05) is 33.3 Å². The molecule has 0 aliphatic carbocycles. The second kappa shape index (κ2) is 5.85. The Labute approximate surface area is 118 Å². The number of hydrogen-bond donors (Lipinski definition) is 2. The lowest BCUT2D eigenvalue weighted by Crippen LogP contribution is -2.30. The van der Waals surface area contributed by atoms with Crippen LogP contribution in [0, 0.1) is 0 Å². The smallest absolute Gasteiger partial charge is 0.404 e. The minimum Gasteiger partial charge on any atom is -0.404 e. The first kappa shape index (κ1) is 14.2. The molecular weight excluding hydrogens is 258 g/mol. The number of rotatable bonds is 2. The van der Waals surface area contributed by atoms with Gasteiger partial charge in [0.2, 0.25) is 0 Å². The molecule has 0 bridgehead atoms. The van der Waals surface area contributed by atoms with Crippen LogP contribution in [0.2, 0.25) is 0 Å². The van der Waals surface area contributed by atoms with Crippen molar-refractivity contribution in [3.63, 3.8) is 0 Å². The maximum Gasteiger partial charge on any atom is 0.414 e. The summed E-state index contributed by atoms with van der Waals surface area (Å²) in [5.74, 6) is 1.01. The monoisotopic (exact) mass is 279 g/mol. The van der Waals surface area contributed by atoms with Crippen molar-refractivity contribution in [2.75, 3.05) is 43.6 Å². The predicted octanol–water partition coefficient (Wildman–Crippen LogP) is 1.30. The zero-order chi connectivity index (χ0) is 14.7. The zero-order valence-electron chi connectivity index (χ0n) is 11.9. The Morgan fingerprint density at radius 3 is 2.50 bits per heavy atom. The third-order valence-electron chi connectivity index (χ3n) is 3.25. The second-order valence-electron chi connectivity index (χ2n) is 5.09. The number of pyridine rings is 1. The Kier molecular flexibility index (Phi) is 4.16. The molecule has 0 saturated carbocycles. The molecule has 1 amide bonds. The van der Waals surface area contributed by atoms with Gasteiger partial charge in [-0.3, -0.25) is 0 Å². The lowest BCUT2D eigenvalue weighted by Gasteiger charge is -2.28. The van der Waals surface area contributed by atoms with Crippen molar-refractivity contribution in [1.82, 2.24) is 9.88 Å². The fourth-order valence-electron chi connectivity index (χ4n) is 2.13. The van der Waals surface area contributed by atoms with E-state index in [1.807, 2.05) is 0 Å². The highest BCUT2D eigenvalue weighted by atomic mass is 16.6. The molecule has 1 aromatic rings. The van der Waals surface area contributed by atoms with Crippen LogP contribution in [0.5, 0.6) is 5.75 Å². The van der Waals surface area contributed by atoms with Gasteiger partial charge >= 0.3 is 6.09 Å². The number of carbonyl (C=O) groups excluding carboxylic acids is 1. The van der Waals surface area contributed by atoms with Gasteiger partial charge in [-0.25, -0.2) is 9.78 Å². The van der Waals surface area contributed by atoms with E-state index in [0.717, 1.165) is 31.7 Å². The van der Waals surface area contributed by atoms with E-state index in [-0.39, 0.29) is 11.6 Å². The number of anilines is 3. The summed E-state index contributed by atoms with van der Waals surface area (Å²) in [5.41, 5.74) is 12.1. The molecule has 1 saturated heterocycles. The SMILES string of the molecule is CN(C)C(=O)Oc1c(N)cc(N2CCCCC2)nc1N. The van der Waals surface area contributed by atoms with Gasteiger partial charge in [-0.2, -0.15) is 0 Å². The lowest BCUT2D eigenvalue weighted by molar-refractivity contribution is 0.172. The molecule has 1 aromatic heterocycles. The minimum atomic E-state index is -0.532. The minimum absolute atomic E-state index is 0.129. The molecule has 0 atom stereocenters. The van der Waals surface area contributed by atoms with Gasteiger partial charge in [0.05, 0.1) is 5.69 Å². The number of hydrogen-bond acceptors (Lipinski definition) is 6. The number of piperidine rings is 1. The number of ether oxygens (including phenoxy) is 1. The maximum absolute atomic E-state index is 11.6. The van der Waals surface area contributed by atoms with Crippen LogP contribution in [0.15, 0.2) is 6.07 Å². The third kappa shape index (κ3) is 3.04. The molecule has 7 heteroatoms. The van der Waals surface area contributed by atoms with Crippen LogP contribution in [-0.2, 0) is 0 Å². The number of aromatic nitrogens is 1. The topological polar surface area (TPSA) is 97.7 Å². The van der Waals surface area contributed by atoms with Crippen molar-refractivity contribution in [2.45, 2.75) is 19.3 Å². The second-order valence-corrected chi connectivity index (χ2v) is 5.09. The van der Waals surface area contributed by atoms with E-state index in [0.29, 0.717) is 5.69 Å². The summed E-state index contributed by atoms with van der Waals surface area (Å²) >= 11 is 0. The van der Waals surface area contributed by atoms with Crippen LogP contribution in [-0.4, -0.2) is 43.2 Å². The highest BCUT2D eigenvalue weighted by Gasteiger charge is 2.18. The molecule has 0 unspecified atom stereocenters. The first-order chi connectivity index (χ1) is 9.49. The summed E-state index contributed by atoms with van der Waals surface area (Å²) in [5, 5.41) is 0. The molecule has 1 fully saturated rings. The van der Waals surface area contributed by atoms with Crippen LogP contribution in [0.4, 0.5) is 22.1 Å². The molecule has 2 rings (SSSR count). The lowest BCUT2D eigenvalue weighted by atomic mass is 10.1. The maximum atomic E-state index is 11.6. The van der Waals surface area contributed by atoms with E-state index in [9.17, 15) is 4.79 Å². The van der Waals surface area contributed by atoms with Crippen LogP contribution in [0.25, 0.3) is 0 Å². The zero-order valence-corrected chi connectivity index (χ0v) is 11.9. The summed E-state index contributed by atoms with van der Waals surface area (Å²) in [4.78, 5) is 19.3. The molecule has 20 heavy (non-hydrogen) atoms. The van der Waals surface area contributed by atoms with Gasteiger partial charge in [0.15, 0.2) is 11.6 Å². The molecule has 0 aromatic carbocycles. The number of nitrogens with two attached hydrogens (primary N) is 2. The highest BCUT2D eigenvalue weighted by Crippen LogP contribution is 2.32. The van der Waals surface area contributed by atoms with Crippen LogP contribution in [0.1, 0.15) is 19.3 Å². The Bertz CT molecular complexity index is 475. The Morgan fingerprint density at radius 1 is 1.30 bits per heavy atom. The van der Waals surface area contributed by atoms with Gasteiger partial charge in [-0.15, -0.1) is 0 Å². The summed E-state index contributed by atoms with van der Waals surface area (Å²) in [6.45, 7) is 1.89. The van der Waals surface area contributed by atoms with E-state index in [2.05, 4.69) is 9.88 Å². The fourth-order valence-corrected chi connectivity index (χ4v) is 2.13. The van der Waals surface area contributed by atoms with E-state index >= 15 is 0 Å². The van der Waals surface area contributed by atoms with Crippen molar-refractivity contribution in [3.8, 4) is 5.75 Å². The molecule has 7 nitrogen and oxygen atoms in total. The molecule has 1 aliphatic heterocycles. The van der Waals surface area contributed by atoms with Crippen molar-refractivity contribution in [2.24, 2.45) is 0 Å². The highest BCUT2D eigenvalue weighted by molar-refractivity contribution is 5.77. The van der Waals surface area contributed by atoms with E-state index in [1.54, 1.807) is 20.2 Å². The Balaban J connectivity index is 2.21. The normalized spacial score (nSPS) is 15.0. The van der Waals surface area contributed by atoms with Gasteiger partial charge in [0.1, 0.15) is 5.82 Å². The van der Waals surface area contributed by atoms with Crippen molar-refractivity contribution >= 4 is 23.4 Å². The average molecular weight is 279 g/mol. The molecule has 4 N–H and O–H groups in total. The summed E-state index contributed by atoms with van der Waals surface area (Å²) in [7, 11) is 3.18. The summed E-state index contributed by atoms with van der Waals surface area (Å²) in [6.07, 6.45) is 2.98. The number of nitrogen functional groups attached to an aromatic ring is 2. The number of carbonyl (C=O) groups is 1. The summed E-state index contributed by atoms with van der Waals surface area (Å²) < 4.78 is 5.14. The molecular formula is C13H21N5O2. The van der Waals surface area contributed by atoms with Crippen LogP contribution < -0.4 is 21.1 Å². The van der Waals surface area contributed by atoms with E-state index < -0.39 is 6.09 Å². The fraction of sp³-hybridized carbons (Fsp3) is 0.538. The van der Waals surface area contributed by atoms with Crippen molar-refractivity contribution in [3.05, 3.63) is 6.07 Å². The van der Waals surface area contributed by atoms with Gasteiger partial charge in [0.25, 0.3) is 0 Å². The van der Waals surface area contributed by atoms with Crippen LogP contribution >= 0.6 is 0 Å². The Morgan fingerprint density at radius 2 is 1.95 bits per heavy atom. The van der Waals surface area contributed by atoms with Crippen molar-refractivity contribution < 1.29 is 9.53 Å². The van der Waals surface area contributed by atoms with Crippen molar-refractivity contribution in [1.29, 1.82) is 0 Å². The third-order valence-corrected chi connectivity index (χ3v) is 3.25. The average Bonchev–Trinajstić information content (AvgIpc) is 2.43. The first-order valence-corrected chi connectivity index (χ1v) is 6.69. The van der Waals surface area contributed by atoms with Gasteiger partial charge < -0.3 is 26.0 Å². The molecule has 1 aliphatic rings. The summed E-state index contributed by atoms with van der Waals surface area (Å²) in [6, 6.07) is 1.71. The predicted molar refractivity (Wildman–Crippen MR) is 78.8 cm³/mol. The molecule has 0 spiro atoms. The molecule has 0 radical (unpaired) electrons.